The molecule has 1 N–H and O–H groups in total. The van der Waals surface area contributed by atoms with Crippen LogP contribution < -0.4 is 5.32 Å². The monoisotopic (exact) mass is 327 g/mol. The van der Waals surface area contributed by atoms with Crippen molar-refractivity contribution in [2.45, 2.75) is 18.9 Å². The van der Waals surface area contributed by atoms with Gasteiger partial charge in [-0.15, -0.1) is 0 Å². The Morgan fingerprint density at radius 2 is 1.46 bits per heavy atom. The molecule has 126 valence electrons. The fourth-order valence-corrected chi connectivity index (χ4v) is 2.60. The van der Waals surface area contributed by atoms with Crippen molar-refractivity contribution in [1.29, 1.82) is 0 Å². The van der Waals surface area contributed by atoms with Crippen LogP contribution in [0.25, 0.3) is 0 Å². The maximum absolute atomic E-state index is 12.3. The highest BCUT2D eigenvalue weighted by molar-refractivity contribution is 5.83. The van der Waals surface area contributed by atoms with Gasteiger partial charge in [0, 0.05) is 5.92 Å². The zero-order valence-corrected chi connectivity index (χ0v) is 13.8. The molecule has 1 unspecified atom stereocenters. The van der Waals surface area contributed by atoms with E-state index in [0.717, 1.165) is 11.1 Å². The maximum Gasteiger partial charge on any atom is 0.407 e. The molecule has 2 rings (SSSR count). The maximum atomic E-state index is 12.3. The van der Waals surface area contributed by atoms with Crippen LogP contribution in [-0.4, -0.2) is 31.8 Å². The van der Waals surface area contributed by atoms with E-state index in [-0.39, 0.29) is 12.5 Å². The van der Waals surface area contributed by atoms with Crippen LogP contribution in [0.2, 0.25) is 0 Å². The van der Waals surface area contributed by atoms with Crippen molar-refractivity contribution in [3.05, 3.63) is 71.8 Å². The first-order chi connectivity index (χ1) is 11.7. The molecule has 5 nitrogen and oxygen atoms in total. The first-order valence-electron chi connectivity index (χ1n) is 7.78. The van der Waals surface area contributed by atoms with Gasteiger partial charge in [0.25, 0.3) is 0 Å². The average molecular weight is 327 g/mol. The first kappa shape index (κ1) is 17.5. The second-order valence-electron chi connectivity index (χ2n) is 5.16. The molecule has 0 aromatic heterocycles. The minimum absolute atomic E-state index is 0.223. The number of alkyl carbamates (subject to hydrolysis) is 1. The SMILES string of the molecule is CCOC(=O)NC(C(=O)OC)C(c1ccccc1)c1ccccc1. The molecule has 1 atom stereocenters. The number of hydrogen-bond acceptors (Lipinski definition) is 4. The summed E-state index contributed by atoms with van der Waals surface area (Å²) in [6, 6.07) is 18.2. The Kier molecular flexibility index (Phi) is 6.37. The minimum Gasteiger partial charge on any atom is -0.467 e. The van der Waals surface area contributed by atoms with E-state index in [0.29, 0.717) is 0 Å². The molecule has 24 heavy (non-hydrogen) atoms. The average Bonchev–Trinajstić information content (AvgIpc) is 2.62. The van der Waals surface area contributed by atoms with Crippen molar-refractivity contribution in [3.63, 3.8) is 0 Å². The second-order valence-corrected chi connectivity index (χ2v) is 5.16. The molecule has 0 aliphatic carbocycles. The van der Waals surface area contributed by atoms with Crippen molar-refractivity contribution in [2.75, 3.05) is 13.7 Å². The van der Waals surface area contributed by atoms with Crippen molar-refractivity contribution < 1.29 is 19.1 Å². The molecular formula is C19H21NO4. The largest absolute Gasteiger partial charge is 0.467 e. The molecule has 0 radical (unpaired) electrons. The molecule has 0 bridgehead atoms. The van der Waals surface area contributed by atoms with Crippen LogP contribution >= 0.6 is 0 Å². The fourth-order valence-electron chi connectivity index (χ4n) is 2.60. The third-order valence-electron chi connectivity index (χ3n) is 3.65. The molecule has 5 heteroatoms. The Morgan fingerprint density at radius 3 is 1.88 bits per heavy atom. The van der Waals surface area contributed by atoms with E-state index in [1.54, 1.807) is 6.92 Å². The van der Waals surface area contributed by atoms with Gasteiger partial charge in [-0.3, -0.25) is 0 Å². The van der Waals surface area contributed by atoms with E-state index in [1.165, 1.54) is 7.11 Å². The minimum atomic E-state index is -0.890. The Bertz CT molecular complexity index is 618. The zero-order valence-electron chi connectivity index (χ0n) is 13.8. The highest BCUT2D eigenvalue weighted by atomic mass is 16.6. The molecular weight excluding hydrogens is 306 g/mol. The number of amides is 1. The summed E-state index contributed by atoms with van der Waals surface area (Å²) >= 11 is 0. The molecule has 0 aliphatic rings. The summed E-state index contributed by atoms with van der Waals surface area (Å²) in [5.74, 6) is -0.912. The summed E-state index contributed by atoms with van der Waals surface area (Å²) < 4.78 is 9.84. The third-order valence-corrected chi connectivity index (χ3v) is 3.65. The molecule has 0 spiro atoms. The van der Waals surface area contributed by atoms with Crippen molar-refractivity contribution >= 4 is 12.1 Å². The molecule has 0 heterocycles. The zero-order chi connectivity index (χ0) is 17.4. The molecule has 1 amide bonds. The van der Waals surface area contributed by atoms with Gasteiger partial charge in [-0.25, -0.2) is 9.59 Å². The van der Waals surface area contributed by atoms with Gasteiger partial charge in [0.1, 0.15) is 6.04 Å². The predicted molar refractivity (Wildman–Crippen MR) is 90.7 cm³/mol. The predicted octanol–water partition coefficient (Wildman–Crippen LogP) is 3.11. The Hall–Kier alpha value is -2.82. The Labute approximate surface area is 141 Å². The van der Waals surface area contributed by atoms with Crippen LogP contribution in [0.15, 0.2) is 60.7 Å². The first-order valence-corrected chi connectivity index (χ1v) is 7.78. The van der Waals surface area contributed by atoms with E-state index in [4.69, 9.17) is 9.47 Å². The van der Waals surface area contributed by atoms with Crippen LogP contribution in [0.5, 0.6) is 0 Å². The van der Waals surface area contributed by atoms with Crippen LogP contribution in [-0.2, 0) is 14.3 Å². The van der Waals surface area contributed by atoms with Gasteiger partial charge in [0.15, 0.2) is 0 Å². The number of hydrogen-bond donors (Lipinski definition) is 1. The molecule has 0 saturated heterocycles. The van der Waals surface area contributed by atoms with E-state index in [1.807, 2.05) is 60.7 Å². The highest BCUT2D eigenvalue weighted by Crippen LogP contribution is 2.28. The number of esters is 1. The van der Waals surface area contributed by atoms with E-state index in [2.05, 4.69) is 5.32 Å². The molecule has 0 fully saturated rings. The number of methoxy groups -OCH3 is 1. The molecule has 0 aliphatic heterocycles. The van der Waals surface area contributed by atoms with E-state index >= 15 is 0 Å². The smallest absolute Gasteiger partial charge is 0.407 e. The summed E-state index contributed by atoms with van der Waals surface area (Å²) in [4.78, 5) is 24.2. The van der Waals surface area contributed by atoms with Crippen LogP contribution in [0.4, 0.5) is 4.79 Å². The lowest BCUT2D eigenvalue weighted by molar-refractivity contribution is -0.143. The van der Waals surface area contributed by atoms with Gasteiger partial charge in [0.05, 0.1) is 13.7 Å². The standard InChI is InChI=1S/C19H21NO4/c1-3-24-19(22)20-17(18(21)23-2)16(14-10-6-4-7-11-14)15-12-8-5-9-13-15/h4-13,16-17H,3H2,1-2H3,(H,20,22). The number of carbonyl (C=O) groups excluding carboxylic acids is 2. The molecule has 0 saturated carbocycles. The van der Waals surface area contributed by atoms with Crippen LogP contribution in [0.1, 0.15) is 24.0 Å². The van der Waals surface area contributed by atoms with Gasteiger partial charge >= 0.3 is 12.1 Å². The number of ether oxygens (including phenoxy) is 2. The number of nitrogens with one attached hydrogen (secondary N) is 1. The van der Waals surface area contributed by atoms with Gasteiger partial charge in [0.2, 0.25) is 0 Å². The normalized spacial score (nSPS) is 11.6. The fraction of sp³-hybridized carbons (Fsp3) is 0.263. The number of benzene rings is 2. The summed E-state index contributed by atoms with van der Waals surface area (Å²) in [5.41, 5.74) is 1.80. The third kappa shape index (κ3) is 4.35. The van der Waals surface area contributed by atoms with Crippen molar-refractivity contribution in [2.24, 2.45) is 0 Å². The van der Waals surface area contributed by atoms with Gasteiger partial charge in [-0.1, -0.05) is 60.7 Å². The van der Waals surface area contributed by atoms with Crippen molar-refractivity contribution in [3.8, 4) is 0 Å². The number of carbonyl (C=O) groups is 2. The lowest BCUT2D eigenvalue weighted by atomic mass is 9.85. The Morgan fingerprint density at radius 1 is 0.958 bits per heavy atom. The lowest BCUT2D eigenvalue weighted by Crippen LogP contribution is -2.46. The van der Waals surface area contributed by atoms with Gasteiger partial charge in [-0.05, 0) is 18.1 Å². The van der Waals surface area contributed by atoms with Crippen LogP contribution in [0, 0.1) is 0 Å². The van der Waals surface area contributed by atoms with E-state index < -0.39 is 18.1 Å². The summed E-state index contributed by atoms with van der Waals surface area (Å²) in [6.07, 6.45) is -0.648. The second kappa shape index (κ2) is 8.72. The lowest BCUT2D eigenvalue weighted by Gasteiger charge is -2.26. The summed E-state index contributed by atoms with van der Waals surface area (Å²) in [6.45, 7) is 1.93. The quantitative estimate of drug-likeness (QED) is 0.828. The Balaban J connectivity index is 2.44. The molecule has 2 aromatic carbocycles. The van der Waals surface area contributed by atoms with Crippen LogP contribution in [0.3, 0.4) is 0 Å². The topological polar surface area (TPSA) is 64.6 Å². The van der Waals surface area contributed by atoms with Gasteiger partial charge in [-0.2, -0.15) is 0 Å². The van der Waals surface area contributed by atoms with E-state index in [9.17, 15) is 9.59 Å². The van der Waals surface area contributed by atoms with Gasteiger partial charge < -0.3 is 14.8 Å². The summed E-state index contributed by atoms with van der Waals surface area (Å²) in [7, 11) is 1.30. The summed E-state index contributed by atoms with van der Waals surface area (Å²) in [5, 5.41) is 2.63. The number of rotatable bonds is 6. The molecule has 2 aromatic rings. The van der Waals surface area contributed by atoms with Crippen molar-refractivity contribution in [1.82, 2.24) is 5.32 Å². The highest BCUT2D eigenvalue weighted by Gasteiger charge is 2.33.